The first kappa shape index (κ1) is 23.0. The minimum absolute atomic E-state index is 0.326. The van der Waals surface area contributed by atoms with Crippen LogP contribution in [0.2, 0.25) is 5.02 Å². The maximum absolute atomic E-state index is 12.9. The third kappa shape index (κ3) is 5.79. The van der Waals surface area contributed by atoms with E-state index in [1.54, 1.807) is 30.6 Å². The first-order valence-corrected chi connectivity index (χ1v) is 11.0. The molecule has 1 heterocycles. The number of amides is 1. The molecule has 170 valence electrons. The molecular formula is C27H24ClN5O. The Morgan fingerprint density at radius 2 is 1.74 bits per heavy atom. The molecule has 4 N–H and O–H groups in total. The molecule has 0 atom stereocenters. The molecule has 0 unspecified atom stereocenters. The summed E-state index contributed by atoms with van der Waals surface area (Å²) in [5.41, 5.74) is 11.9. The molecule has 0 aliphatic carbocycles. The second-order valence-corrected chi connectivity index (χ2v) is 8.34. The van der Waals surface area contributed by atoms with Crippen molar-refractivity contribution in [2.75, 3.05) is 16.4 Å². The number of nitrogens with two attached hydrogens (primary N) is 1. The first-order valence-electron chi connectivity index (χ1n) is 10.7. The van der Waals surface area contributed by atoms with Crippen molar-refractivity contribution in [3.63, 3.8) is 0 Å². The van der Waals surface area contributed by atoms with E-state index in [-0.39, 0.29) is 5.91 Å². The minimum Gasteiger partial charge on any atom is -0.399 e. The van der Waals surface area contributed by atoms with Gasteiger partial charge in [-0.2, -0.15) is 0 Å². The van der Waals surface area contributed by atoms with Crippen molar-refractivity contribution in [3.05, 3.63) is 119 Å². The zero-order valence-electron chi connectivity index (χ0n) is 18.7. The average molecular weight is 470 g/mol. The maximum Gasteiger partial charge on any atom is 0.257 e. The van der Waals surface area contributed by atoms with Crippen LogP contribution in [0, 0.1) is 6.92 Å². The largest absolute Gasteiger partial charge is 0.399 e. The highest BCUT2D eigenvalue weighted by molar-refractivity contribution is 6.34. The maximum atomic E-state index is 12.9. The van der Waals surface area contributed by atoms with Gasteiger partial charge in [-0.3, -0.25) is 4.79 Å². The molecule has 4 aromatic rings. The smallest absolute Gasteiger partial charge is 0.257 e. The number of halogens is 1. The molecule has 6 nitrogen and oxygen atoms in total. The Labute approximate surface area is 203 Å². The molecule has 0 radical (unpaired) electrons. The number of anilines is 3. The Morgan fingerprint density at radius 3 is 2.47 bits per heavy atom. The molecule has 0 saturated carbocycles. The summed E-state index contributed by atoms with van der Waals surface area (Å²) in [6.45, 7) is 6.12. The Hall–Kier alpha value is -4.16. The highest BCUT2D eigenvalue weighted by atomic mass is 35.5. The highest BCUT2D eigenvalue weighted by Crippen LogP contribution is 2.25. The number of carbonyl (C=O) groups is 1. The molecular weight excluding hydrogens is 446 g/mol. The van der Waals surface area contributed by atoms with Gasteiger partial charge < -0.3 is 16.4 Å². The van der Waals surface area contributed by atoms with Crippen LogP contribution < -0.4 is 16.4 Å². The number of nitrogens with zero attached hydrogens (tertiary/aromatic N) is 2. The van der Waals surface area contributed by atoms with Crippen LogP contribution in [-0.2, 0) is 6.42 Å². The van der Waals surface area contributed by atoms with Gasteiger partial charge in [0.15, 0.2) is 0 Å². The molecule has 4 rings (SSSR count). The van der Waals surface area contributed by atoms with Gasteiger partial charge in [-0.1, -0.05) is 54.1 Å². The van der Waals surface area contributed by atoms with E-state index >= 15 is 0 Å². The van der Waals surface area contributed by atoms with Gasteiger partial charge in [0.1, 0.15) is 5.82 Å². The van der Waals surface area contributed by atoms with Crippen molar-refractivity contribution in [3.8, 4) is 0 Å². The molecule has 0 saturated heterocycles. The van der Waals surface area contributed by atoms with E-state index in [0.717, 1.165) is 22.4 Å². The number of nitrogen functional groups attached to an aromatic ring is 1. The lowest BCUT2D eigenvalue weighted by Gasteiger charge is -2.13. The summed E-state index contributed by atoms with van der Waals surface area (Å²) in [5, 5.41) is 6.38. The van der Waals surface area contributed by atoms with Gasteiger partial charge in [0, 0.05) is 23.5 Å². The molecule has 1 amide bonds. The summed E-state index contributed by atoms with van der Waals surface area (Å²) >= 11 is 6.31. The van der Waals surface area contributed by atoms with Gasteiger partial charge in [0.05, 0.1) is 28.7 Å². The fraction of sp³-hybridized carbons (Fsp3) is 0.0741. The fourth-order valence-corrected chi connectivity index (χ4v) is 3.65. The van der Waals surface area contributed by atoms with Gasteiger partial charge in [-0.05, 0) is 54.4 Å². The van der Waals surface area contributed by atoms with E-state index in [0.29, 0.717) is 39.9 Å². The molecule has 34 heavy (non-hydrogen) atoms. The van der Waals surface area contributed by atoms with Crippen molar-refractivity contribution in [1.82, 2.24) is 9.97 Å². The zero-order chi connectivity index (χ0) is 24.1. The Morgan fingerprint density at radius 1 is 0.971 bits per heavy atom. The normalized spacial score (nSPS) is 10.5. The summed E-state index contributed by atoms with van der Waals surface area (Å²) in [7, 11) is 0. The summed E-state index contributed by atoms with van der Waals surface area (Å²) in [4.78, 5) is 21.6. The standard InChI is InChI=1S/C27H24ClN5O/c1-17-5-3-7-20(11-17)18(2)32-22-9-10-25(28)24(14-22)27(34)33-23-15-30-26(31-16-23)13-19-6-4-8-21(29)12-19/h3-12,14-16,32H,2,13,29H2,1H3,(H,33,34). The molecule has 7 heteroatoms. The zero-order valence-corrected chi connectivity index (χ0v) is 19.4. The van der Waals surface area contributed by atoms with E-state index in [1.807, 2.05) is 55.5 Å². The van der Waals surface area contributed by atoms with Crippen molar-refractivity contribution in [1.29, 1.82) is 0 Å². The third-order valence-corrected chi connectivity index (χ3v) is 5.48. The lowest BCUT2D eigenvalue weighted by Crippen LogP contribution is -2.14. The van der Waals surface area contributed by atoms with Crippen molar-refractivity contribution < 1.29 is 4.79 Å². The number of aromatic nitrogens is 2. The van der Waals surface area contributed by atoms with Crippen LogP contribution in [0.25, 0.3) is 5.70 Å². The number of rotatable bonds is 7. The second kappa shape index (κ2) is 10.2. The summed E-state index contributed by atoms with van der Waals surface area (Å²) in [6, 6.07) is 20.7. The summed E-state index contributed by atoms with van der Waals surface area (Å²) in [6.07, 6.45) is 3.69. The van der Waals surface area contributed by atoms with Crippen LogP contribution in [0.1, 0.15) is 32.9 Å². The average Bonchev–Trinajstić information content (AvgIpc) is 2.81. The van der Waals surface area contributed by atoms with Gasteiger partial charge >= 0.3 is 0 Å². The second-order valence-electron chi connectivity index (χ2n) is 7.93. The van der Waals surface area contributed by atoms with E-state index < -0.39 is 0 Å². The van der Waals surface area contributed by atoms with Crippen LogP contribution >= 0.6 is 11.6 Å². The van der Waals surface area contributed by atoms with Crippen molar-refractivity contribution in [2.24, 2.45) is 0 Å². The SMILES string of the molecule is C=C(Nc1ccc(Cl)c(C(=O)Nc2cnc(Cc3cccc(N)c3)nc2)c1)c1cccc(C)c1. The summed E-state index contributed by atoms with van der Waals surface area (Å²) in [5.74, 6) is 0.268. The highest BCUT2D eigenvalue weighted by Gasteiger charge is 2.13. The Kier molecular flexibility index (Phi) is 6.90. The molecule has 0 aliphatic rings. The molecule has 3 aromatic carbocycles. The molecule has 0 aliphatic heterocycles. The minimum atomic E-state index is -0.359. The van der Waals surface area contributed by atoms with Gasteiger partial charge in [-0.25, -0.2) is 9.97 Å². The third-order valence-electron chi connectivity index (χ3n) is 5.15. The van der Waals surface area contributed by atoms with Gasteiger partial charge in [0.2, 0.25) is 0 Å². The fourth-order valence-electron chi connectivity index (χ4n) is 3.45. The van der Waals surface area contributed by atoms with Crippen LogP contribution in [-0.4, -0.2) is 15.9 Å². The van der Waals surface area contributed by atoms with E-state index in [1.165, 1.54) is 0 Å². The number of benzene rings is 3. The molecule has 1 aromatic heterocycles. The van der Waals surface area contributed by atoms with E-state index in [4.69, 9.17) is 17.3 Å². The number of aryl methyl sites for hydroxylation is 1. The van der Waals surface area contributed by atoms with E-state index in [2.05, 4.69) is 27.2 Å². The van der Waals surface area contributed by atoms with Gasteiger partial charge in [-0.15, -0.1) is 0 Å². The monoisotopic (exact) mass is 469 g/mol. The van der Waals surface area contributed by atoms with Gasteiger partial charge in [0.25, 0.3) is 5.91 Å². The van der Waals surface area contributed by atoms with Crippen LogP contribution in [0.5, 0.6) is 0 Å². The topological polar surface area (TPSA) is 92.9 Å². The predicted octanol–water partition coefficient (Wildman–Crippen LogP) is 5.95. The molecule has 0 bridgehead atoms. The quantitative estimate of drug-likeness (QED) is 0.291. The Balaban J connectivity index is 1.44. The van der Waals surface area contributed by atoms with Crippen LogP contribution in [0.4, 0.5) is 17.1 Å². The molecule has 0 fully saturated rings. The van der Waals surface area contributed by atoms with E-state index in [9.17, 15) is 4.79 Å². The Bertz CT molecular complexity index is 1350. The number of nitrogens with one attached hydrogen (secondary N) is 2. The first-order chi connectivity index (χ1) is 16.4. The van der Waals surface area contributed by atoms with Crippen molar-refractivity contribution >= 4 is 40.3 Å². The predicted molar refractivity (Wildman–Crippen MR) is 139 cm³/mol. The number of hydrogen-bond donors (Lipinski definition) is 3. The number of carbonyl (C=O) groups excluding carboxylic acids is 1. The number of hydrogen-bond acceptors (Lipinski definition) is 5. The van der Waals surface area contributed by atoms with Crippen LogP contribution in [0.15, 0.2) is 85.7 Å². The van der Waals surface area contributed by atoms with Crippen molar-refractivity contribution in [2.45, 2.75) is 13.3 Å². The summed E-state index contributed by atoms with van der Waals surface area (Å²) < 4.78 is 0. The van der Waals surface area contributed by atoms with Crippen LogP contribution in [0.3, 0.4) is 0 Å². The lowest BCUT2D eigenvalue weighted by atomic mass is 10.1. The molecule has 0 spiro atoms. The lowest BCUT2D eigenvalue weighted by molar-refractivity contribution is 0.102.